The van der Waals surface area contributed by atoms with Crippen molar-refractivity contribution >= 4 is 17.3 Å². The standard InChI is InChI=1S/C12H10FNO2S/c13-10-4-2-1-3-8(10)7-9(12(15)16)11-14-5-6-17-11/h1-6,9H,7H2,(H,15,16). The fourth-order valence-corrected chi connectivity index (χ4v) is 2.30. The van der Waals surface area contributed by atoms with Gasteiger partial charge in [0.15, 0.2) is 0 Å². The number of carboxylic acids is 1. The predicted octanol–water partition coefficient (Wildman–Crippen LogP) is 2.69. The summed E-state index contributed by atoms with van der Waals surface area (Å²) in [6, 6.07) is 6.20. The third kappa shape index (κ3) is 2.68. The van der Waals surface area contributed by atoms with E-state index in [1.807, 2.05) is 0 Å². The molecule has 0 spiro atoms. The molecular formula is C12H10FNO2S. The van der Waals surface area contributed by atoms with E-state index < -0.39 is 11.9 Å². The van der Waals surface area contributed by atoms with Crippen molar-refractivity contribution in [1.82, 2.24) is 4.98 Å². The van der Waals surface area contributed by atoms with Crippen LogP contribution in [-0.4, -0.2) is 16.1 Å². The minimum absolute atomic E-state index is 0.121. The second-order valence-electron chi connectivity index (χ2n) is 3.56. The van der Waals surface area contributed by atoms with Crippen LogP contribution in [0.15, 0.2) is 35.8 Å². The molecule has 0 aliphatic heterocycles. The van der Waals surface area contributed by atoms with Crippen LogP contribution in [0.2, 0.25) is 0 Å². The normalized spacial score (nSPS) is 12.3. The lowest BCUT2D eigenvalue weighted by Crippen LogP contribution is -2.14. The van der Waals surface area contributed by atoms with E-state index in [2.05, 4.69) is 4.98 Å². The molecule has 1 aromatic heterocycles. The van der Waals surface area contributed by atoms with Crippen LogP contribution in [-0.2, 0) is 11.2 Å². The molecule has 88 valence electrons. The highest BCUT2D eigenvalue weighted by Gasteiger charge is 2.23. The molecule has 5 heteroatoms. The molecule has 3 nitrogen and oxygen atoms in total. The first-order chi connectivity index (χ1) is 8.18. The fourth-order valence-electron chi connectivity index (χ4n) is 1.57. The number of aromatic nitrogens is 1. The molecule has 0 aliphatic carbocycles. The van der Waals surface area contributed by atoms with E-state index in [1.54, 1.807) is 29.8 Å². The van der Waals surface area contributed by atoms with Crippen LogP contribution in [0.5, 0.6) is 0 Å². The molecule has 1 N–H and O–H groups in total. The highest BCUT2D eigenvalue weighted by atomic mass is 32.1. The molecule has 1 atom stereocenters. The minimum Gasteiger partial charge on any atom is -0.481 e. The number of aliphatic carboxylic acids is 1. The van der Waals surface area contributed by atoms with E-state index in [9.17, 15) is 9.18 Å². The zero-order valence-corrected chi connectivity index (χ0v) is 9.65. The number of carboxylic acid groups (broad SMARTS) is 1. The number of rotatable bonds is 4. The number of halogens is 1. The Hall–Kier alpha value is -1.75. The van der Waals surface area contributed by atoms with Crippen molar-refractivity contribution in [3.8, 4) is 0 Å². The van der Waals surface area contributed by atoms with Crippen molar-refractivity contribution in [2.75, 3.05) is 0 Å². The van der Waals surface area contributed by atoms with Crippen LogP contribution >= 0.6 is 11.3 Å². The van der Waals surface area contributed by atoms with Crippen LogP contribution in [0.4, 0.5) is 4.39 Å². The largest absolute Gasteiger partial charge is 0.481 e. The van der Waals surface area contributed by atoms with E-state index in [0.29, 0.717) is 10.6 Å². The number of benzene rings is 1. The number of hydrogen-bond donors (Lipinski definition) is 1. The average Bonchev–Trinajstić information content (AvgIpc) is 2.81. The Labute approximate surface area is 102 Å². The molecule has 2 aromatic rings. The van der Waals surface area contributed by atoms with Crippen molar-refractivity contribution < 1.29 is 14.3 Å². The van der Waals surface area contributed by atoms with Gasteiger partial charge in [0.05, 0.1) is 0 Å². The maximum Gasteiger partial charge on any atom is 0.313 e. The van der Waals surface area contributed by atoms with Gasteiger partial charge < -0.3 is 5.11 Å². The Morgan fingerprint density at radius 2 is 2.24 bits per heavy atom. The van der Waals surface area contributed by atoms with Gasteiger partial charge in [-0.1, -0.05) is 18.2 Å². The van der Waals surface area contributed by atoms with Crippen LogP contribution in [0.25, 0.3) is 0 Å². The summed E-state index contributed by atoms with van der Waals surface area (Å²) in [6.45, 7) is 0. The lowest BCUT2D eigenvalue weighted by molar-refractivity contribution is -0.138. The molecule has 2 rings (SSSR count). The first kappa shape index (κ1) is 11.7. The van der Waals surface area contributed by atoms with E-state index in [-0.39, 0.29) is 12.2 Å². The Bertz CT molecular complexity index is 513. The van der Waals surface area contributed by atoms with Crippen LogP contribution in [0, 0.1) is 5.82 Å². The second-order valence-corrected chi connectivity index (χ2v) is 4.48. The molecule has 0 aliphatic rings. The molecule has 1 unspecified atom stereocenters. The Morgan fingerprint density at radius 1 is 1.47 bits per heavy atom. The Morgan fingerprint density at radius 3 is 2.82 bits per heavy atom. The predicted molar refractivity (Wildman–Crippen MR) is 62.6 cm³/mol. The third-order valence-electron chi connectivity index (χ3n) is 2.43. The summed E-state index contributed by atoms with van der Waals surface area (Å²) < 4.78 is 13.4. The average molecular weight is 251 g/mol. The van der Waals surface area contributed by atoms with Gasteiger partial charge in [-0.05, 0) is 18.1 Å². The second kappa shape index (κ2) is 5.05. The van der Waals surface area contributed by atoms with Gasteiger partial charge in [-0.25, -0.2) is 9.37 Å². The quantitative estimate of drug-likeness (QED) is 0.908. The first-order valence-electron chi connectivity index (χ1n) is 5.04. The zero-order chi connectivity index (χ0) is 12.3. The lowest BCUT2D eigenvalue weighted by Gasteiger charge is -2.09. The van der Waals surface area contributed by atoms with Crippen LogP contribution < -0.4 is 0 Å². The summed E-state index contributed by atoms with van der Waals surface area (Å²) in [4.78, 5) is 15.1. The molecule has 0 fully saturated rings. The van der Waals surface area contributed by atoms with Crippen LogP contribution in [0.1, 0.15) is 16.5 Å². The van der Waals surface area contributed by atoms with Crippen molar-refractivity contribution in [3.63, 3.8) is 0 Å². The summed E-state index contributed by atoms with van der Waals surface area (Å²) in [5.41, 5.74) is 0.398. The maximum absolute atomic E-state index is 13.4. The van der Waals surface area contributed by atoms with Crippen molar-refractivity contribution in [2.24, 2.45) is 0 Å². The van der Waals surface area contributed by atoms with Gasteiger partial charge in [-0.15, -0.1) is 11.3 Å². The van der Waals surface area contributed by atoms with Gasteiger partial charge in [-0.3, -0.25) is 4.79 Å². The molecule has 0 amide bonds. The van der Waals surface area contributed by atoms with E-state index in [0.717, 1.165) is 0 Å². The summed E-state index contributed by atoms with van der Waals surface area (Å²) in [5, 5.41) is 11.4. The topological polar surface area (TPSA) is 50.2 Å². The van der Waals surface area contributed by atoms with E-state index in [1.165, 1.54) is 17.4 Å². The fraction of sp³-hybridized carbons (Fsp3) is 0.167. The molecular weight excluding hydrogens is 241 g/mol. The van der Waals surface area contributed by atoms with Crippen molar-refractivity contribution in [2.45, 2.75) is 12.3 Å². The number of hydrogen-bond acceptors (Lipinski definition) is 3. The van der Waals surface area contributed by atoms with E-state index >= 15 is 0 Å². The van der Waals surface area contributed by atoms with Gasteiger partial charge in [-0.2, -0.15) is 0 Å². The smallest absolute Gasteiger partial charge is 0.313 e. The molecule has 1 aromatic carbocycles. The van der Waals surface area contributed by atoms with Gasteiger partial charge >= 0.3 is 5.97 Å². The zero-order valence-electron chi connectivity index (χ0n) is 8.84. The van der Waals surface area contributed by atoms with Crippen molar-refractivity contribution in [1.29, 1.82) is 0 Å². The van der Waals surface area contributed by atoms with Gasteiger partial charge in [0.25, 0.3) is 0 Å². The SMILES string of the molecule is O=C(O)C(Cc1ccccc1F)c1nccs1. The van der Waals surface area contributed by atoms with Gasteiger partial charge in [0.2, 0.25) is 0 Å². The summed E-state index contributed by atoms with van der Waals surface area (Å²) >= 11 is 1.27. The lowest BCUT2D eigenvalue weighted by atomic mass is 10.00. The molecule has 0 radical (unpaired) electrons. The van der Waals surface area contributed by atoms with Crippen LogP contribution in [0.3, 0.4) is 0 Å². The third-order valence-corrected chi connectivity index (χ3v) is 3.32. The molecule has 1 heterocycles. The minimum atomic E-state index is -0.983. The molecule has 0 saturated heterocycles. The molecule has 0 bridgehead atoms. The molecule has 0 saturated carbocycles. The Balaban J connectivity index is 2.26. The Kier molecular flexibility index (Phi) is 3.49. The maximum atomic E-state index is 13.4. The van der Waals surface area contributed by atoms with Gasteiger partial charge in [0, 0.05) is 11.6 Å². The van der Waals surface area contributed by atoms with E-state index in [4.69, 9.17) is 5.11 Å². The summed E-state index contributed by atoms with van der Waals surface area (Å²) in [7, 11) is 0. The highest BCUT2D eigenvalue weighted by Crippen LogP contribution is 2.24. The highest BCUT2D eigenvalue weighted by molar-refractivity contribution is 7.09. The monoisotopic (exact) mass is 251 g/mol. The summed E-state index contributed by atoms with van der Waals surface area (Å²) in [6.07, 6.45) is 1.67. The number of carbonyl (C=O) groups is 1. The number of thiazole rings is 1. The summed E-state index contributed by atoms with van der Waals surface area (Å²) in [5.74, 6) is -2.15. The molecule has 17 heavy (non-hydrogen) atoms. The number of nitrogens with zero attached hydrogens (tertiary/aromatic N) is 1. The van der Waals surface area contributed by atoms with Gasteiger partial charge in [0.1, 0.15) is 16.7 Å². The first-order valence-corrected chi connectivity index (χ1v) is 5.92. The van der Waals surface area contributed by atoms with Crippen molar-refractivity contribution in [3.05, 3.63) is 52.2 Å².